The molecule has 6 heterocycles. The van der Waals surface area contributed by atoms with Crippen LogP contribution in [0.2, 0.25) is 0 Å². The molecule has 0 saturated heterocycles. The van der Waals surface area contributed by atoms with Gasteiger partial charge in [0.2, 0.25) is 0 Å². The van der Waals surface area contributed by atoms with Crippen LogP contribution in [-0.4, -0.2) is 36.0 Å². The SMILES string of the molecule is C=C1NC/C(C2=CCNC=C2)=C2/C=CC(=N2)C(/C(/C=C\N)=C/C)=c2/cc/c([nH]2)=C(\C2=CCNC=C2)C2=N/C(=C1/C(/C=C\N)=C/C)C=C2. The van der Waals surface area contributed by atoms with Crippen molar-refractivity contribution in [3.8, 4) is 0 Å². The molecule has 0 atom stereocenters. The van der Waals surface area contributed by atoms with Crippen LogP contribution in [0.4, 0.5) is 0 Å². The number of nitrogens with one attached hydrogen (secondary N) is 4. The first-order valence-corrected chi connectivity index (χ1v) is 15.8. The molecule has 6 rings (SSSR count). The third-order valence-electron chi connectivity index (χ3n) is 8.39. The van der Waals surface area contributed by atoms with E-state index in [4.69, 9.17) is 21.5 Å². The van der Waals surface area contributed by atoms with Crippen molar-refractivity contribution >= 4 is 22.6 Å². The van der Waals surface area contributed by atoms with Crippen molar-refractivity contribution in [2.75, 3.05) is 19.6 Å². The number of aromatic amines is 1. The Balaban J connectivity index is 1.70. The molecular formula is C39H40N8. The second kappa shape index (κ2) is 14.0. The number of H-pyrrole nitrogens is 1. The molecule has 0 unspecified atom stereocenters. The number of dihydropyridines is 2. The summed E-state index contributed by atoms with van der Waals surface area (Å²) in [5.41, 5.74) is 23.9. The Morgan fingerprint density at radius 2 is 1.36 bits per heavy atom. The van der Waals surface area contributed by atoms with Gasteiger partial charge in [0.05, 0.1) is 22.8 Å². The second-order valence-corrected chi connectivity index (χ2v) is 11.2. The van der Waals surface area contributed by atoms with Gasteiger partial charge < -0.3 is 32.4 Å². The first-order chi connectivity index (χ1) is 23.1. The fraction of sp³-hybridized carbons (Fsp3) is 0.128. The minimum absolute atomic E-state index is 0.495. The van der Waals surface area contributed by atoms with E-state index in [1.54, 1.807) is 12.4 Å². The summed E-state index contributed by atoms with van der Waals surface area (Å²) in [5, 5.41) is 12.0. The number of hydrogen-bond donors (Lipinski definition) is 6. The van der Waals surface area contributed by atoms with Gasteiger partial charge >= 0.3 is 0 Å². The molecule has 0 amide bonds. The largest absolute Gasteiger partial charge is 0.405 e. The summed E-state index contributed by atoms with van der Waals surface area (Å²) in [5.74, 6) is 0. The normalized spacial score (nSPS) is 25.5. The van der Waals surface area contributed by atoms with Crippen molar-refractivity contribution in [2.24, 2.45) is 21.5 Å². The number of nitrogens with two attached hydrogens (primary N) is 2. The third-order valence-corrected chi connectivity index (χ3v) is 8.39. The highest BCUT2D eigenvalue weighted by Gasteiger charge is 2.23. The van der Waals surface area contributed by atoms with Crippen LogP contribution >= 0.6 is 0 Å². The minimum Gasteiger partial charge on any atom is -0.405 e. The van der Waals surface area contributed by atoms with E-state index in [0.29, 0.717) is 6.54 Å². The number of allylic oxidation sites excluding steroid dienone is 13. The molecule has 0 fully saturated rings. The first kappa shape index (κ1) is 31.0. The van der Waals surface area contributed by atoms with Crippen LogP contribution in [-0.2, 0) is 0 Å². The first-order valence-electron chi connectivity index (χ1n) is 15.8. The molecule has 8 heteroatoms. The molecule has 5 aliphatic heterocycles. The maximum absolute atomic E-state index is 5.94. The van der Waals surface area contributed by atoms with Gasteiger partial charge in [-0.25, -0.2) is 9.98 Å². The Morgan fingerprint density at radius 1 is 0.745 bits per heavy atom. The van der Waals surface area contributed by atoms with Gasteiger partial charge in [0.1, 0.15) is 0 Å². The molecule has 5 aliphatic rings. The lowest BCUT2D eigenvalue weighted by molar-refractivity contribution is 0.874. The Kier molecular flexibility index (Phi) is 9.20. The van der Waals surface area contributed by atoms with Crippen LogP contribution in [0.3, 0.4) is 0 Å². The summed E-state index contributed by atoms with van der Waals surface area (Å²) in [6, 6.07) is 4.22. The smallest absolute Gasteiger partial charge is 0.0737 e. The molecule has 0 radical (unpaired) electrons. The lowest BCUT2D eigenvalue weighted by Crippen LogP contribution is -2.23. The van der Waals surface area contributed by atoms with Gasteiger partial charge in [-0.3, -0.25) is 0 Å². The molecule has 1 aromatic heterocycles. The predicted octanol–water partition coefficient (Wildman–Crippen LogP) is 3.89. The van der Waals surface area contributed by atoms with Crippen LogP contribution in [0.5, 0.6) is 0 Å². The fourth-order valence-electron chi connectivity index (χ4n) is 6.15. The zero-order valence-corrected chi connectivity index (χ0v) is 26.8. The molecule has 0 saturated carbocycles. The van der Waals surface area contributed by atoms with Crippen molar-refractivity contribution in [3.05, 3.63) is 178 Å². The third kappa shape index (κ3) is 6.26. The fourth-order valence-corrected chi connectivity index (χ4v) is 6.15. The van der Waals surface area contributed by atoms with E-state index in [-0.39, 0.29) is 0 Å². The number of aliphatic imine (C=N–C) groups is 2. The zero-order chi connectivity index (χ0) is 32.8. The molecule has 0 aromatic carbocycles. The molecule has 47 heavy (non-hydrogen) atoms. The highest BCUT2D eigenvalue weighted by atomic mass is 14.9. The van der Waals surface area contributed by atoms with Gasteiger partial charge in [0.25, 0.3) is 0 Å². The van der Waals surface area contributed by atoms with Gasteiger partial charge in [-0.1, -0.05) is 30.9 Å². The van der Waals surface area contributed by atoms with Gasteiger partial charge in [0, 0.05) is 58.3 Å². The van der Waals surface area contributed by atoms with Crippen LogP contribution in [0, 0.1) is 0 Å². The molecule has 0 aliphatic carbocycles. The molecule has 0 spiro atoms. The molecule has 1 aromatic rings. The second-order valence-electron chi connectivity index (χ2n) is 11.2. The molecular weight excluding hydrogens is 580 g/mol. The maximum atomic E-state index is 5.94. The summed E-state index contributed by atoms with van der Waals surface area (Å²) in [4.78, 5) is 14.2. The van der Waals surface area contributed by atoms with E-state index in [1.807, 2.05) is 50.6 Å². The van der Waals surface area contributed by atoms with Crippen LogP contribution in [0.25, 0.3) is 11.1 Å². The lowest BCUT2D eigenvalue weighted by Gasteiger charge is -2.19. The van der Waals surface area contributed by atoms with Gasteiger partial charge in [-0.05, 0) is 122 Å². The van der Waals surface area contributed by atoms with E-state index in [0.717, 1.165) is 96.9 Å². The highest BCUT2D eigenvalue weighted by Crippen LogP contribution is 2.31. The van der Waals surface area contributed by atoms with E-state index in [1.165, 1.54) is 0 Å². The topological polar surface area (TPSA) is 129 Å². The summed E-state index contributed by atoms with van der Waals surface area (Å²) in [6.07, 6.45) is 31.7. The van der Waals surface area contributed by atoms with Gasteiger partial charge in [-0.15, -0.1) is 0 Å². The summed E-state index contributed by atoms with van der Waals surface area (Å²) in [7, 11) is 0. The monoisotopic (exact) mass is 620 g/mol. The lowest BCUT2D eigenvalue weighted by atomic mass is 9.98. The van der Waals surface area contributed by atoms with Crippen molar-refractivity contribution in [3.63, 3.8) is 0 Å². The predicted molar refractivity (Wildman–Crippen MR) is 196 cm³/mol. The highest BCUT2D eigenvalue weighted by molar-refractivity contribution is 6.31. The maximum Gasteiger partial charge on any atom is 0.0737 e. The Bertz CT molecular complexity index is 2070. The van der Waals surface area contributed by atoms with E-state index in [2.05, 4.69) is 88.3 Å². The number of nitrogens with zero attached hydrogens (tertiary/aromatic N) is 2. The Hall–Kier alpha value is -6.02. The van der Waals surface area contributed by atoms with Crippen molar-refractivity contribution in [1.29, 1.82) is 0 Å². The minimum atomic E-state index is 0.495. The van der Waals surface area contributed by atoms with E-state index in [9.17, 15) is 0 Å². The molecule has 6 bridgehead atoms. The summed E-state index contributed by atoms with van der Waals surface area (Å²) < 4.78 is 0. The van der Waals surface area contributed by atoms with Crippen molar-refractivity contribution < 1.29 is 0 Å². The van der Waals surface area contributed by atoms with Gasteiger partial charge in [0.15, 0.2) is 0 Å². The van der Waals surface area contributed by atoms with Crippen LogP contribution in [0.1, 0.15) is 13.8 Å². The van der Waals surface area contributed by atoms with Crippen molar-refractivity contribution in [1.82, 2.24) is 20.9 Å². The number of hydrogen-bond acceptors (Lipinski definition) is 7. The van der Waals surface area contributed by atoms with Crippen LogP contribution in [0.15, 0.2) is 177 Å². The molecule has 8 nitrogen and oxygen atoms in total. The number of rotatable bonds is 6. The van der Waals surface area contributed by atoms with Crippen LogP contribution < -0.4 is 38.1 Å². The summed E-state index contributed by atoms with van der Waals surface area (Å²) >= 11 is 0. The Morgan fingerprint density at radius 3 is 2.02 bits per heavy atom. The molecule has 8 N–H and O–H groups in total. The van der Waals surface area contributed by atoms with E-state index >= 15 is 0 Å². The molecule has 236 valence electrons. The van der Waals surface area contributed by atoms with Crippen molar-refractivity contribution in [2.45, 2.75) is 13.8 Å². The number of fused-ring (bicyclic) bond motifs is 4. The quantitative estimate of drug-likeness (QED) is 0.269. The number of aromatic nitrogens is 1. The Labute approximate surface area is 275 Å². The zero-order valence-electron chi connectivity index (χ0n) is 26.8. The summed E-state index contributed by atoms with van der Waals surface area (Å²) in [6.45, 7) is 10.5. The van der Waals surface area contributed by atoms with E-state index < -0.39 is 0 Å². The van der Waals surface area contributed by atoms with Gasteiger partial charge in [-0.2, -0.15) is 0 Å². The standard InChI is InChI=1S/C39H40N8/c1-4-26(12-18-40)37-25(3)44-24-30(28-14-20-42-21-15-28)31-6-7-33(45-31)38(27(5-2)13-19-41)34-10-11-36(47-34)39(29-16-22-43-23-17-29)35-9-8-32(37)46-35/h4-20,22,42-44,47H,3,21,23-24,40-41H2,1-2H3/b18-12-,19-13-,26-4+,27-5+,31-30+,37-32+,38-34-,39-36-. The average molecular weight is 621 g/mol. The average Bonchev–Trinajstić information content (AvgIpc) is 3.88.